The summed E-state index contributed by atoms with van der Waals surface area (Å²) in [6.45, 7) is 7.71. The van der Waals surface area contributed by atoms with Crippen LogP contribution in [0.3, 0.4) is 0 Å². The predicted molar refractivity (Wildman–Crippen MR) is 154 cm³/mol. The first-order valence-corrected chi connectivity index (χ1v) is 11.1. The van der Waals surface area contributed by atoms with Gasteiger partial charge < -0.3 is 38.4 Å². The van der Waals surface area contributed by atoms with E-state index in [9.17, 15) is 0 Å². The van der Waals surface area contributed by atoms with Crippen LogP contribution in [-0.4, -0.2) is 47.3 Å². The molecule has 4 rings (SSSR count). The lowest BCUT2D eigenvalue weighted by molar-refractivity contribution is 0.824. The molecule has 0 fully saturated rings. The number of nitrogens with zero attached hydrogens (tertiary/aromatic N) is 6. The number of thiazole rings is 2. The van der Waals surface area contributed by atoms with Crippen molar-refractivity contribution in [1.29, 1.82) is 0 Å². The summed E-state index contributed by atoms with van der Waals surface area (Å²) < 4.78 is 0. The Bertz CT molecular complexity index is 1180. The van der Waals surface area contributed by atoms with E-state index in [0.29, 0.717) is 10.3 Å². The monoisotopic (exact) mass is 650 g/mol. The fraction of sp³-hybridized carbons (Fsp3) is 0.222. The molecule has 17 heteroatoms. The van der Waals surface area contributed by atoms with Crippen molar-refractivity contribution in [3.05, 3.63) is 33.8 Å². The van der Waals surface area contributed by atoms with Gasteiger partial charge in [0.05, 0.1) is 0 Å². The Morgan fingerprint density at radius 3 is 1.29 bits per heavy atom. The van der Waals surface area contributed by atoms with Crippen LogP contribution in [-0.2, 0) is 0 Å². The average molecular weight is 652 g/mol. The third-order valence-corrected chi connectivity index (χ3v) is 5.39. The molecule has 4 heterocycles. The maximum atomic E-state index is 5.28. The van der Waals surface area contributed by atoms with Gasteiger partial charge in [-0.05, 0) is 27.7 Å². The van der Waals surface area contributed by atoms with Crippen molar-refractivity contribution in [3.8, 4) is 22.8 Å². The van der Waals surface area contributed by atoms with Crippen LogP contribution in [0.4, 0.5) is 10.3 Å². The number of aliphatic imine (C=N–C) groups is 2. The first-order chi connectivity index (χ1) is 15.1. The molecular weight excluding hydrogens is 624 g/mol. The van der Waals surface area contributed by atoms with Crippen LogP contribution in [0.2, 0.25) is 0 Å². The first-order valence-electron chi connectivity index (χ1n) is 9.29. The van der Waals surface area contributed by atoms with Gasteiger partial charge in [0.2, 0.25) is 10.3 Å². The van der Waals surface area contributed by atoms with E-state index >= 15 is 0 Å². The zero-order chi connectivity index (χ0) is 23.4. The molecule has 0 radical (unpaired) electrons. The van der Waals surface area contributed by atoms with Crippen molar-refractivity contribution in [2.75, 3.05) is 0 Å². The van der Waals surface area contributed by atoms with E-state index in [2.05, 4.69) is 39.9 Å². The third-order valence-electron chi connectivity index (χ3n) is 3.93. The van der Waals surface area contributed by atoms with Gasteiger partial charge in [-0.15, -0.1) is 56.6 Å². The van der Waals surface area contributed by atoms with E-state index in [1.165, 1.54) is 22.7 Å². The Hall–Kier alpha value is -2.86. The molecule has 0 aliphatic carbocycles. The van der Waals surface area contributed by atoms with Crippen molar-refractivity contribution in [3.63, 3.8) is 0 Å². The number of hydrogen-bond donors (Lipinski definition) is 6. The van der Waals surface area contributed by atoms with Crippen LogP contribution < -0.4 is 22.9 Å². The molecule has 0 aromatic carbocycles. The molecule has 0 amide bonds. The number of aromatic amines is 2. The Morgan fingerprint density at radius 2 is 1.03 bits per heavy atom. The molecule has 0 atom stereocenters. The number of aryl methyl sites for hydroxylation is 4. The number of imidazole rings is 2. The topological polar surface area (TPSA) is 243 Å². The minimum Gasteiger partial charge on any atom is -0.412 e. The second-order valence-corrected chi connectivity index (χ2v) is 8.37. The quantitative estimate of drug-likeness (QED) is 0.141. The lowest BCUT2D eigenvalue weighted by Crippen LogP contribution is -2.21. The van der Waals surface area contributed by atoms with Gasteiger partial charge in [-0.25, -0.2) is 19.9 Å². The van der Waals surface area contributed by atoms with Gasteiger partial charge in [0.25, 0.3) is 0 Å². The molecular formula is C18H28Br2N12OS2. The van der Waals surface area contributed by atoms with Gasteiger partial charge in [-0.1, -0.05) is 0 Å². The van der Waals surface area contributed by atoms with Gasteiger partial charge in [-0.2, -0.15) is 9.98 Å². The number of nitrogens with two attached hydrogens (primary N) is 4. The highest BCUT2D eigenvalue weighted by atomic mass is 79.9. The Balaban J connectivity index is 0.000000608. The molecule has 0 bridgehead atoms. The highest BCUT2D eigenvalue weighted by Gasteiger charge is 2.11. The summed E-state index contributed by atoms with van der Waals surface area (Å²) in [6, 6.07) is 0. The fourth-order valence-electron chi connectivity index (χ4n) is 2.79. The standard InChI is InChI=1S/2C9H12N6S.2BrH.H2O/c2*1-4-7(13-5(2)12-4)6-3-16-9(14-6)15-8(10)11;;;/h2*3H,1-2H3,(H,12,13)(H4,10,11,14,15);2*1H;1H2. The lowest BCUT2D eigenvalue weighted by Gasteiger charge is -1.90. The average Bonchev–Trinajstić information content (AvgIpc) is 3.44. The number of guanidine groups is 2. The molecule has 0 unspecified atom stereocenters. The normalized spacial score (nSPS) is 9.49. The lowest BCUT2D eigenvalue weighted by atomic mass is 10.3. The Labute approximate surface area is 230 Å². The maximum Gasteiger partial charge on any atom is 0.212 e. The molecule has 0 spiro atoms. The summed E-state index contributed by atoms with van der Waals surface area (Å²) >= 11 is 2.76. The van der Waals surface area contributed by atoms with Gasteiger partial charge >= 0.3 is 0 Å². The number of nitrogens with one attached hydrogen (secondary N) is 2. The summed E-state index contributed by atoms with van der Waals surface area (Å²) in [4.78, 5) is 31.3. The number of rotatable bonds is 4. The second-order valence-electron chi connectivity index (χ2n) is 6.70. The van der Waals surface area contributed by atoms with E-state index < -0.39 is 0 Å². The molecule has 0 aliphatic heterocycles. The first kappa shape index (κ1) is 32.1. The van der Waals surface area contributed by atoms with Crippen molar-refractivity contribution >= 4 is 78.8 Å². The van der Waals surface area contributed by atoms with Gasteiger partial charge in [0, 0.05) is 22.1 Å². The molecule has 0 saturated heterocycles. The van der Waals surface area contributed by atoms with Gasteiger partial charge in [0.1, 0.15) is 34.4 Å². The molecule has 12 N–H and O–H groups in total. The van der Waals surface area contributed by atoms with Gasteiger partial charge in [0.15, 0.2) is 11.9 Å². The minimum atomic E-state index is 0. The van der Waals surface area contributed by atoms with Crippen LogP contribution >= 0.6 is 56.6 Å². The summed E-state index contributed by atoms with van der Waals surface area (Å²) in [5.74, 6) is 1.75. The van der Waals surface area contributed by atoms with Crippen LogP contribution in [0.1, 0.15) is 23.0 Å². The van der Waals surface area contributed by atoms with E-state index in [0.717, 1.165) is 45.8 Å². The zero-order valence-corrected chi connectivity index (χ0v) is 24.3. The van der Waals surface area contributed by atoms with Crippen LogP contribution in [0, 0.1) is 27.7 Å². The number of H-pyrrole nitrogens is 2. The number of hydrogen-bond acceptors (Lipinski definition) is 8. The highest BCUT2D eigenvalue weighted by molar-refractivity contribution is 8.93. The van der Waals surface area contributed by atoms with Crippen LogP contribution in [0.5, 0.6) is 0 Å². The summed E-state index contributed by atoms with van der Waals surface area (Å²) in [5, 5.41) is 4.83. The number of halogens is 2. The van der Waals surface area contributed by atoms with Crippen LogP contribution in [0.15, 0.2) is 20.7 Å². The highest BCUT2D eigenvalue weighted by Crippen LogP contribution is 2.28. The maximum absolute atomic E-state index is 5.28. The largest absolute Gasteiger partial charge is 0.412 e. The molecule has 35 heavy (non-hydrogen) atoms. The van der Waals surface area contributed by atoms with Crippen molar-refractivity contribution < 1.29 is 5.48 Å². The van der Waals surface area contributed by atoms with Gasteiger partial charge in [-0.3, -0.25) is 0 Å². The molecule has 0 saturated carbocycles. The molecule has 0 aliphatic rings. The SMILES string of the molecule is Br.Br.Cc1nc(-c2csc(N=C(N)N)n2)c(C)[nH]1.Cc1nc(-c2csc(N=C(N)N)n2)c(C)[nH]1.O. The summed E-state index contributed by atoms with van der Waals surface area (Å²) in [6.07, 6.45) is 0. The Morgan fingerprint density at radius 1 is 0.686 bits per heavy atom. The summed E-state index contributed by atoms with van der Waals surface area (Å²) in [7, 11) is 0. The van der Waals surface area contributed by atoms with E-state index in [1.807, 2.05) is 38.5 Å². The van der Waals surface area contributed by atoms with E-state index in [1.54, 1.807) is 0 Å². The smallest absolute Gasteiger partial charge is 0.212 e. The molecule has 4 aromatic heterocycles. The van der Waals surface area contributed by atoms with Crippen molar-refractivity contribution in [2.24, 2.45) is 32.9 Å². The van der Waals surface area contributed by atoms with E-state index in [4.69, 9.17) is 22.9 Å². The molecule has 13 nitrogen and oxygen atoms in total. The summed E-state index contributed by atoms with van der Waals surface area (Å²) in [5.41, 5.74) is 26.3. The second kappa shape index (κ2) is 13.9. The predicted octanol–water partition coefficient (Wildman–Crippen LogP) is 2.44. The minimum absolute atomic E-state index is 0. The third kappa shape index (κ3) is 8.70. The van der Waals surface area contributed by atoms with E-state index in [-0.39, 0.29) is 51.4 Å². The molecule has 192 valence electrons. The van der Waals surface area contributed by atoms with Crippen molar-refractivity contribution in [2.45, 2.75) is 27.7 Å². The van der Waals surface area contributed by atoms with Crippen molar-refractivity contribution in [1.82, 2.24) is 29.9 Å². The molecule has 4 aromatic rings. The fourth-order valence-corrected chi connectivity index (χ4v) is 4.17. The number of aromatic nitrogens is 6. The zero-order valence-electron chi connectivity index (χ0n) is 19.3. The Kier molecular flexibility index (Phi) is 12.7. The van der Waals surface area contributed by atoms with Crippen LogP contribution in [0.25, 0.3) is 22.8 Å².